The highest BCUT2D eigenvalue weighted by Gasteiger charge is 2.41. The Morgan fingerprint density at radius 1 is 1.32 bits per heavy atom. The molecule has 0 heterocycles. The minimum Gasteiger partial charge on any atom is -0.382 e. The van der Waals surface area contributed by atoms with Gasteiger partial charge in [-0.3, -0.25) is 10.3 Å². The van der Waals surface area contributed by atoms with E-state index >= 15 is 0 Å². The Balaban J connectivity index is 2.54. The van der Waals surface area contributed by atoms with E-state index in [0.717, 1.165) is 29.9 Å². The lowest BCUT2D eigenvalue weighted by atomic mass is 9.70. The van der Waals surface area contributed by atoms with Crippen molar-refractivity contribution in [2.45, 2.75) is 24.7 Å². The molecule has 1 unspecified atom stereocenters. The van der Waals surface area contributed by atoms with Crippen molar-refractivity contribution in [1.82, 2.24) is 10.8 Å². The Morgan fingerprint density at radius 2 is 2.05 bits per heavy atom. The van der Waals surface area contributed by atoms with Crippen LogP contribution < -0.4 is 10.8 Å². The molecule has 1 aliphatic rings. The number of hydroxylamine groups is 1. The first-order valence-corrected chi connectivity index (χ1v) is 6.94. The highest BCUT2D eigenvalue weighted by molar-refractivity contribution is 7.80. The number of nitrogens with one attached hydrogen (secondary N) is 2. The van der Waals surface area contributed by atoms with Crippen molar-refractivity contribution in [2.75, 3.05) is 14.2 Å². The molecule has 2 N–H and O–H groups in total. The molecule has 1 aromatic carbocycles. The quantitative estimate of drug-likeness (QED) is 0.654. The fourth-order valence-corrected chi connectivity index (χ4v) is 3.09. The Kier molecular flexibility index (Phi) is 4.56. The van der Waals surface area contributed by atoms with Gasteiger partial charge in [-0.15, -0.1) is 0 Å². The Labute approximate surface area is 120 Å². The summed E-state index contributed by atoms with van der Waals surface area (Å²) in [6.45, 7) is 0. The Morgan fingerprint density at radius 3 is 2.68 bits per heavy atom. The summed E-state index contributed by atoms with van der Waals surface area (Å²) in [5.74, 6) is 0. The average molecular weight is 276 g/mol. The van der Waals surface area contributed by atoms with Crippen LogP contribution in [0.3, 0.4) is 0 Å². The summed E-state index contributed by atoms with van der Waals surface area (Å²) in [5.41, 5.74) is 4.95. The topological polar surface area (TPSA) is 33.3 Å². The summed E-state index contributed by atoms with van der Waals surface area (Å²) in [4.78, 5) is 5.98. The van der Waals surface area contributed by atoms with Crippen LogP contribution >= 0.6 is 12.2 Å². The summed E-state index contributed by atoms with van der Waals surface area (Å²) in [7, 11) is 3.51. The fraction of sp³-hybridized carbons (Fsp3) is 0.400. The molecular formula is C15H20N2OS. The monoisotopic (exact) mass is 276 g/mol. The second-order valence-corrected chi connectivity index (χ2v) is 5.07. The number of thiocarbonyl (C=S) groups is 1. The van der Waals surface area contributed by atoms with E-state index in [-0.39, 0.29) is 5.41 Å². The van der Waals surface area contributed by atoms with E-state index in [1.54, 1.807) is 7.11 Å². The molecule has 0 bridgehead atoms. The number of allylic oxidation sites excluding steroid dienone is 1. The van der Waals surface area contributed by atoms with Crippen molar-refractivity contribution in [3.8, 4) is 0 Å². The Bertz CT molecular complexity index is 472. The van der Waals surface area contributed by atoms with E-state index in [1.165, 1.54) is 5.56 Å². The van der Waals surface area contributed by atoms with Gasteiger partial charge in [-0.05, 0) is 24.8 Å². The first-order chi connectivity index (χ1) is 9.25. The molecule has 102 valence electrons. The predicted molar refractivity (Wildman–Crippen MR) is 81.9 cm³/mol. The van der Waals surface area contributed by atoms with Gasteiger partial charge in [-0.1, -0.05) is 48.6 Å². The molecule has 0 fully saturated rings. The molecule has 0 radical (unpaired) electrons. The van der Waals surface area contributed by atoms with Crippen LogP contribution in [0.1, 0.15) is 24.8 Å². The van der Waals surface area contributed by atoms with Gasteiger partial charge in [-0.2, -0.15) is 0 Å². The molecule has 1 atom stereocenters. The third-order valence-electron chi connectivity index (χ3n) is 3.66. The lowest BCUT2D eigenvalue weighted by molar-refractivity contribution is 0.106. The zero-order valence-corrected chi connectivity index (χ0v) is 12.2. The molecule has 1 aromatic rings. The maximum atomic E-state index is 5.61. The molecule has 2 rings (SSSR count). The number of hydrogen-bond acceptors (Lipinski definition) is 3. The van der Waals surface area contributed by atoms with Gasteiger partial charge in [0.2, 0.25) is 0 Å². The van der Waals surface area contributed by atoms with Crippen molar-refractivity contribution >= 4 is 17.2 Å². The van der Waals surface area contributed by atoms with Gasteiger partial charge in [-0.25, -0.2) is 0 Å². The second-order valence-electron chi connectivity index (χ2n) is 4.67. The number of rotatable bonds is 4. The Hall–Kier alpha value is -1.39. The molecule has 19 heavy (non-hydrogen) atoms. The van der Waals surface area contributed by atoms with Gasteiger partial charge in [0.1, 0.15) is 0 Å². The van der Waals surface area contributed by atoms with Crippen LogP contribution in [0, 0.1) is 0 Å². The van der Waals surface area contributed by atoms with Crippen molar-refractivity contribution in [3.63, 3.8) is 0 Å². The van der Waals surface area contributed by atoms with E-state index in [1.807, 2.05) is 25.2 Å². The van der Waals surface area contributed by atoms with Crippen LogP contribution in [0.15, 0.2) is 42.1 Å². The molecule has 0 saturated carbocycles. The zero-order valence-electron chi connectivity index (χ0n) is 11.4. The van der Waals surface area contributed by atoms with E-state index < -0.39 is 0 Å². The minimum atomic E-state index is -0.306. The van der Waals surface area contributed by atoms with Crippen LogP contribution in [-0.4, -0.2) is 19.1 Å². The van der Waals surface area contributed by atoms with Crippen molar-refractivity contribution < 1.29 is 4.84 Å². The standard InChI is InChI=1S/C15H20N2OS/c1-16-14(19)15(12-8-4-3-5-9-12)11-7-6-10-13(15)17-18-2/h3-5,8-10,17H,6-7,11H2,1-2H3,(H,16,19). The first-order valence-electron chi connectivity index (χ1n) is 6.53. The van der Waals surface area contributed by atoms with Gasteiger partial charge >= 0.3 is 0 Å². The SMILES string of the molecule is CNC(=S)C1(c2ccccc2)CCCC=C1NOC. The van der Waals surface area contributed by atoms with Gasteiger partial charge in [0.25, 0.3) is 0 Å². The zero-order chi connectivity index (χ0) is 13.7. The normalized spacial score (nSPS) is 22.5. The van der Waals surface area contributed by atoms with Crippen molar-refractivity contribution in [3.05, 3.63) is 47.7 Å². The molecular weight excluding hydrogens is 256 g/mol. The number of likely N-dealkylation sites (N-methyl/N-ethyl adjacent to an activating group) is 1. The average Bonchev–Trinajstić information content (AvgIpc) is 2.48. The van der Waals surface area contributed by atoms with E-state index in [9.17, 15) is 0 Å². The molecule has 3 nitrogen and oxygen atoms in total. The summed E-state index contributed by atoms with van der Waals surface area (Å²) in [6, 6.07) is 10.4. The highest BCUT2D eigenvalue weighted by atomic mass is 32.1. The number of hydrogen-bond donors (Lipinski definition) is 2. The summed E-state index contributed by atoms with van der Waals surface area (Å²) >= 11 is 5.61. The molecule has 1 aliphatic carbocycles. The highest BCUT2D eigenvalue weighted by Crippen LogP contribution is 2.40. The van der Waals surface area contributed by atoms with Gasteiger partial charge in [0.05, 0.1) is 23.2 Å². The van der Waals surface area contributed by atoms with Crippen molar-refractivity contribution in [2.24, 2.45) is 0 Å². The molecule has 0 amide bonds. The van der Waals surface area contributed by atoms with E-state index in [2.05, 4.69) is 29.0 Å². The molecule has 0 aliphatic heterocycles. The van der Waals surface area contributed by atoms with Crippen LogP contribution in [0.2, 0.25) is 0 Å². The maximum absolute atomic E-state index is 5.61. The van der Waals surface area contributed by atoms with Gasteiger partial charge in [0.15, 0.2) is 0 Å². The molecule has 0 saturated heterocycles. The third kappa shape index (κ3) is 2.51. The van der Waals surface area contributed by atoms with Gasteiger partial charge < -0.3 is 5.32 Å². The van der Waals surface area contributed by atoms with Crippen LogP contribution in [0.25, 0.3) is 0 Å². The third-order valence-corrected chi connectivity index (χ3v) is 4.21. The fourth-order valence-electron chi connectivity index (χ4n) is 2.76. The van der Waals surface area contributed by atoms with E-state index in [0.29, 0.717) is 0 Å². The second kappa shape index (κ2) is 6.17. The van der Waals surface area contributed by atoms with E-state index in [4.69, 9.17) is 17.1 Å². The van der Waals surface area contributed by atoms with Crippen LogP contribution in [0.4, 0.5) is 0 Å². The summed E-state index contributed by atoms with van der Waals surface area (Å²) in [5, 5.41) is 3.16. The van der Waals surface area contributed by atoms with Crippen LogP contribution in [0.5, 0.6) is 0 Å². The van der Waals surface area contributed by atoms with Gasteiger partial charge in [0, 0.05) is 7.05 Å². The van der Waals surface area contributed by atoms with Crippen LogP contribution in [-0.2, 0) is 10.3 Å². The minimum absolute atomic E-state index is 0.306. The summed E-state index contributed by atoms with van der Waals surface area (Å²) < 4.78 is 0. The first kappa shape index (κ1) is 14.0. The lowest BCUT2D eigenvalue weighted by Crippen LogP contribution is -2.48. The van der Waals surface area contributed by atoms with Crippen molar-refractivity contribution in [1.29, 1.82) is 0 Å². The molecule has 0 aromatic heterocycles. The summed E-state index contributed by atoms with van der Waals surface area (Å²) in [6.07, 6.45) is 5.33. The molecule has 4 heteroatoms. The maximum Gasteiger partial charge on any atom is 0.0918 e. The predicted octanol–water partition coefficient (Wildman–Crippen LogP) is 2.69. The molecule has 0 spiro atoms. The number of benzene rings is 1. The smallest absolute Gasteiger partial charge is 0.0918 e. The lowest BCUT2D eigenvalue weighted by Gasteiger charge is -2.39. The largest absolute Gasteiger partial charge is 0.382 e.